The highest BCUT2D eigenvalue weighted by Gasteiger charge is 2.32. The molecule has 0 spiro atoms. The SMILES string of the molecule is CCOc1ccc2c(c1)sc(=NC(=O)c1ccc(S(=O)(=O)N3C[C@@H](C)O[C@H](C)C3)cc1)n2CC(=O)OC. The molecule has 0 N–H and O–H groups in total. The molecule has 3 aromatic rings. The van der Waals surface area contributed by atoms with Gasteiger partial charge in [-0.25, -0.2) is 8.42 Å². The third-order valence-electron chi connectivity index (χ3n) is 5.80. The number of aromatic nitrogens is 1. The molecule has 12 heteroatoms. The summed E-state index contributed by atoms with van der Waals surface area (Å²) >= 11 is 1.24. The number of morpholine rings is 1. The molecule has 2 heterocycles. The van der Waals surface area contributed by atoms with E-state index >= 15 is 0 Å². The summed E-state index contributed by atoms with van der Waals surface area (Å²) in [6, 6.07) is 11.1. The molecule has 0 radical (unpaired) electrons. The number of sulfonamides is 1. The summed E-state index contributed by atoms with van der Waals surface area (Å²) in [5, 5.41) is 0. The first-order valence-corrected chi connectivity index (χ1v) is 14.1. The van der Waals surface area contributed by atoms with Gasteiger partial charge in [0.1, 0.15) is 12.3 Å². The van der Waals surface area contributed by atoms with Gasteiger partial charge in [0.25, 0.3) is 5.91 Å². The van der Waals surface area contributed by atoms with Crippen molar-refractivity contribution in [3.63, 3.8) is 0 Å². The second-order valence-electron chi connectivity index (χ2n) is 8.63. The molecule has 2 atom stereocenters. The van der Waals surface area contributed by atoms with Crippen LogP contribution >= 0.6 is 11.3 Å². The van der Waals surface area contributed by atoms with Gasteiger partial charge in [0.15, 0.2) is 4.80 Å². The van der Waals surface area contributed by atoms with E-state index in [-0.39, 0.29) is 42.3 Å². The minimum Gasteiger partial charge on any atom is -0.494 e. The molecule has 1 aromatic heterocycles. The largest absolute Gasteiger partial charge is 0.494 e. The molecule has 0 unspecified atom stereocenters. The van der Waals surface area contributed by atoms with Crippen molar-refractivity contribution in [3.8, 4) is 5.75 Å². The fraction of sp³-hybridized carbons (Fsp3) is 0.400. The summed E-state index contributed by atoms with van der Waals surface area (Å²) in [7, 11) is -2.44. The second kappa shape index (κ2) is 11.1. The summed E-state index contributed by atoms with van der Waals surface area (Å²) in [6.45, 7) is 6.46. The summed E-state index contributed by atoms with van der Waals surface area (Å²) < 4.78 is 46.0. The number of hydrogen-bond donors (Lipinski definition) is 0. The lowest BCUT2D eigenvalue weighted by atomic mass is 10.2. The first-order valence-electron chi connectivity index (χ1n) is 11.8. The smallest absolute Gasteiger partial charge is 0.325 e. The van der Waals surface area contributed by atoms with Crippen molar-refractivity contribution >= 4 is 43.5 Å². The van der Waals surface area contributed by atoms with Crippen LogP contribution in [-0.2, 0) is 30.8 Å². The Hall–Kier alpha value is -3.06. The average molecular weight is 548 g/mol. The molecule has 0 aliphatic carbocycles. The van der Waals surface area contributed by atoms with Crippen LogP contribution in [0.25, 0.3) is 10.2 Å². The molecule has 37 heavy (non-hydrogen) atoms. The van der Waals surface area contributed by atoms with Crippen molar-refractivity contribution in [2.45, 2.75) is 44.4 Å². The minimum absolute atomic E-state index is 0.0939. The van der Waals surface area contributed by atoms with Crippen LogP contribution in [-0.4, -0.2) is 68.2 Å². The number of methoxy groups -OCH3 is 1. The highest BCUT2D eigenvalue weighted by atomic mass is 32.2. The predicted molar refractivity (Wildman–Crippen MR) is 138 cm³/mol. The molecule has 0 bridgehead atoms. The standard InChI is InChI=1S/C25H29N3O7S2/c1-5-34-19-8-11-21-22(12-19)36-25(28(21)15-23(29)33-4)26-24(30)18-6-9-20(10-7-18)37(31,32)27-13-16(2)35-17(3)14-27/h6-12,16-17H,5,13-15H2,1-4H3/t16-,17-/m1/s1. The molecular weight excluding hydrogens is 518 g/mol. The van der Waals surface area contributed by atoms with Gasteiger partial charge < -0.3 is 18.8 Å². The lowest BCUT2D eigenvalue weighted by Crippen LogP contribution is -2.48. The van der Waals surface area contributed by atoms with Crippen molar-refractivity contribution < 1.29 is 32.2 Å². The van der Waals surface area contributed by atoms with Gasteiger partial charge in [0.2, 0.25) is 10.0 Å². The molecule has 1 saturated heterocycles. The number of thiazole rings is 1. The zero-order valence-electron chi connectivity index (χ0n) is 21.0. The summed E-state index contributed by atoms with van der Waals surface area (Å²) in [5.41, 5.74) is 0.931. The van der Waals surface area contributed by atoms with Gasteiger partial charge in [-0.15, -0.1) is 0 Å². The first kappa shape index (κ1) is 27.0. The summed E-state index contributed by atoms with van der Waals surface area (Å²) in [4.78, 5) is 29.7. The Labute approximate surface area is 219 Å². The lowest BCUT2D eigenvalue weighted by molar-refractivity contribution is -0.141. The third-order valence-corrected chi connectivity index (χ3v) is 8.69. The Morgan fingerprint density at radius 3 is 2.41 bits per heavy atom. The highest BCUT2D eigenvalue weighted by Crippen LogP contribution is 2.24. The number of hydrogen-bond acceptors (Lipinski definition) is 8. The van der Waals surface area contributed by atoms with Crippen LogP contribution < -0.4 is 9.54 Å². The molecule has 10 nitrogen and oxygen atoms in total. The van der Waals surface area contributed by atoms with E-state index in [4.69, 9.17) is 14.2 Å². The van der Waals surface area contributed by atoms with Crippen LogP contribution in [0.1, 0.15) is 31.1 Å². The number of benzene rings is 2. The number of carbonyl (C=O) groups is 2. The van der Waals surface area contributed by atoms with Gasteiger partial charge in [-0.3, -0.25) is 9.59 Å². The van der Waals surface area contributed by atoms with Crippen molar-refractivity contribution in [2.75, 3.05) is 26.8 Å². The number of fused-ring (bicyclic) bond motifs is 1. The molecule has 1 amide bonds. The van der Waals surface area contributed by atoms with E-state index in [0.717, 1.165) is 4.70 Å². The van der Waals surface area contributed by atoms with Crippen molar-refractivity contribution in [2.24, 2.45) is 4.99 Å². The number of carbonyl (C=O) groups excluding carboxylic acids is 2. The Morgan fingerprint density at radius 2 is 1.78 bits per heavy atom. The van der Waals surface area contributed by atoms with Crippen LogP contribution in [0.15, 0.2) is 52.4 Å². The fourth-order valence-electron chi connectivity index (χ4n) is 4.14. The quantitative estimate of drug-likeness (QED) is 0.418. The van der Waals surface area contributed by atoms with Gasteiger partial charge in [-0.2, -0.15) is 9.30 Å². The molecule has 1 aliphatic heterocycles. The van der Waals surface area contributed by atoms with Crippen LogP contribution in [0.4, 0.5) is 0 Å². The summed E-state index contributed by atoms with van der Waals surface area (Å²) in [6.07, 6.45) is -0.415. The number of rotatable bonds is 7. The number of nitrogens with zero attached hydrogens (tertiary/aromatic N) is 3. The van der Waals surface area contributed by atoms with Gasteiger partial charge in [0, 0.05) is 18.7 Å². The summed E-state index contributed by atoms with van der Waals surface area (Å²) in [5.74, 6) is -0.378. The van der Waals surface area contributed by atoms with E-state index in [0.29, 0.717) is 22.7 Å². The highest BCUT2D eigenvalue weighted by molar-refractivity contribution is 7.89. The van der Waals surface area contributed by atoms with Gasteiger partial charge in [-0.05, 0) is 63.2 Å². The van der Waals surface area contributed by atoms with Gasteiger partial charge in [0.05, 0.1) is 41.0 Å². The van der Waals surface area contributed by atoms with Crippen LogP contribution in [0, 0.1) is 0 Å². The van der Waals surface area contributed by atoms with Gasteiger partial charge in [-0.1, -0.05) is 11.3 Å². The molecule has 1 aliphatic rings. The van der Waals surface area contributed by atoms with Gasteiger partial charge >= 0.3 is 5.97 Å². The zero-order chi connectivity index (χ0) is 26.7. The first-order chi connectivity index (χ1) is 17.6. The average Bonchev–Trinajstić information content (AvgIpc) is 3.19. The second-order valence-corrected chi connectivity index (χ2v) is 11.6. The predicted octanol–water partition coefficient (Wildman–Crippen LogP) is 2.81. The van der Waals surface area contributed by atoms with E-state index in [1.54, 1.807) is 16.7 Å². The monoisotopic (exact) mass is 547 g/mol. The zero-order valence-corrected chi connectivity index (χ0v) is 22.7. The Morgan fingerprint density at radius 1 is 1.11 bits per heavy atom. The Balaban J connectivity index is 1.65. The minimum atomic E-state index is -3.73. The van der Waals surface area contributed by atoms with Crippen molar-refractivity contribution in [1.82, 2.24) is 8.87 Å². The maximum absolute atomic E-state index is 13.1. The Bertz CT molecular complexity index is 1470. The number of esters is 1. The number of amides is 1. The van der Waals surface area contributed by atoms with Crippen LogP contribution in [0.5, 0.6) is 5.75 Å². The van der Waals surface area contributed by atoms with Crippen LogP contribution in [0.2, 0.25) is 0 Å². The molecule has 198 valence electrons. The molecule has 0 saturated carbocycles. The van der Waals surface area contributed by atoms with E-state index in [2.05, 4.69) is 4.99 Å². The van der Waals surface area contributed by atoms with E-state index in [1.807, 2.05) is 26.8 Å². The molecule has 2 aromatic carbocycles. The van der Waals surface area contributed by atoms with E-state index in [1.165, 1.54) is 47.0 Å². The van der Waals surface area contributed by atoms with Crippen molar-refractivity contribution in [1.29, 1.82) is 0 Å². The molecule has 1 fully saturated rings. The Kier molecular flexibility index (Phi) is 8.12. The topological polar surface area (TPSA) is 116 Å². The fourth-order valence-corrected chi connectivity index (χ4v) is 6.79. The number of ether oxygens (including phenoxy) is 3. The van der Waals surface area contributed by atoms with Crippen LogP contribution in [0.3, 0.4) is 0 Å². The molecular formula is C25H29N3O7S2. The van der Waals surface area contributed by atoms with Crippen molar-refractivity contribution in [3.05, 3.63) is 52.8 Å². The normalized spacial score (nSPS) is 19.2. The van der Waals surface area contributed by atoms with E-state index < -0.39 is 21.9 Å². The maximum atomic E-state index is 13.1. The maximum Gasteiger partial charge on any atom is 0.325 e. The third kappa shape index (κ3) is 5.93. The van der Waals surface area contributed by atoms with E-state index in [9.17, 15) is 18.0 Å². The molecule has 4 rings (SSSR count). The lowest BCUT2D eigenvalue weighted by Gasteiger charge is -2.34.